The zero-order valence-electron chi connectivity index (χ0n) is 15.6. The van der Waals surface area contributed by atoms with E-state index in [9.17, 15) is 24.1 Å². The molecule has 1 N–H and O–H groups in total. The molecule has 8 nitrogen and oxygen atoms in total. The number of rotatable bonds is 7. The van der Waals surface area contributed by atoms with E-state index in [4.69, 9.17) is 9.47 Å². The van der Waals surface area contributed by atoms with E-state index in [-0.39, 0.29) is 11.4 Å². The molecule has 0 saturated heterocycles. The van der Waals surface area contributed by atoms with Crippen molar-refractivity contribution < 1.29 is 28.4 Å². The van der Waals surface area contributed by atoms with Crippen LogP contribution in [0.25, 0.3) is 0 Å². The number of anilines is 1. The largest absolute Gasteiger partial charge is 0.481 e. The Morgan fingerprint density at radius 3 is 2.36 bits per heavy atom. The van der Waals surface area contributed by atoms with Gasteiger partial charge < -0.3 is 14.8 Å². The predicted molar refractivity (Wildman–Crippen MR) is 98.8 cm³/mol. The summed E-state index contributed by atoms with van der Waals surface area (Å²) >= 11 is 0. The van der Waals surface area contributed by atoms with E-state index in [1.165, 1.54) is 0 Å². The van der Waals surface area contributed by atoms with Crippen molar-refractivity contribution in [1.29, 1.82) is 0 Å². The third-order valence-electron chi connectivity index (χ3n) is 3.74. The molecule has 0 unspecified atom stereocenters. The summed E-state index contributed by atoms with van der Waals surface area (Å²) in [4.78, 5) is 33.6. The highest BCUT2D eigenvalue weighted by Gasteiger charge is 2.15. The number of carbonyl (C=O) groups is 2. The number of nitrogens with one attached hydrogen (secondary N) is 1. The van der Waals surface area contributed by atoms with Gasteiger partial charge in [-0.3, -0.25) is 14.9 Å². The van der Waals surface area contributed by atoms with E-state index in [0.29, 0.717) is 5.75 Å². The van der Waals surface area contributed by atoms with Gasteiger partial charge in [0.1, 0.15) is 11.6 Å². The molecule has 0 spiro atoms. The molecule has 28 heavy (non-hydrogen) atoms. The average molecular weight is 390 g/mol. The number of hydrogen-bond donors (Lipinski definition) is 1. The number of halogens is 1. The standard InChI is InChI=1S/C19H19FN2O6/c1-11-6-12(2)19(13(3)7-11)28-10-18(24)27-9-17(23)21-16-8-14(22(25)26)4-5-15(16)20/h4-8H,9-10H2,1-3H3,(H,21,23). The minimum atomic E-state index is -0.848. The minimum absolute atomic E-state index is 0.377. The fourth-order valence-electron chi connectivity index (χ4n) is 2.62. The number of esters is 1. The van der Waals surface area contributed by atoms with Gasteiger partial charge >= 0.3 is 5.97 Å². The molecular weight excluding hydrogens is 371 g/mol. The van der Waals surface area contributed by atoms with Crippen molar-refractivity contribution in [3.8, 4) is 5.75 Å². The average Bonchev–Trinajstić information content (AvgIpc) is 2.60. The first-order valence-corrected chi connectivity index (χ1v) is 8.27. The van der Waals surface area contributed by atoms with Crippen LogP contribution in [0.5, 0.6) is 5.75 Å². The first-order chi connectivity index (χ1) is 13.2. The quantitative estimate of drug-likeness (QED) is 0.442. The number of carbonyl (C=O) groups excluding carboxylic acids is 2. The lowest BCUT2D eigenvalue weighted by molar-refractivity contribution is -0.384. The summed E-state index contributed by atoms with van der Waals surface area (Å²) in [6.45, 7) is 4.56. The Morgan fingerprint density at radius 1 is 1.11 bits per heavy atom. The number of nitro benzene ring substituents is 1. The van der Waals surface area contributed by atoms with E-state index in [1.54, 1.807) is 0 Å². The normalized spacial score (nSPS) is 10.3. The van der Waals surface area contributed by atoms with Gasteiger partial charge in [-0.25, -0.2) is 9.18 Å². The summed E-state index contributed by atoms with van der Waals surface area (Å²) in [5.74, 6) is -1.91. The van der Waals surface area contributed by atoms with Crippen LogP contribution >= 0.6 is 0 Å². The summed E-state index contributed by atoms with van der Waals surface area (Å²) in [7, 11) is 0. The SMILES string of the molecule is Cc1cc(C)c(OCC(=O)OCC(=O)Nc2cc([N+](=O)[O-])ccc2F)c(C)c1. The highest BCUT2D eigenvalue weighted by molar-refractivity contribution is 5.93. The van der Waals surface area contributed by atoms with Gasteiger partial charge in [-0.15, -0.1) is 0 Å². The molecule has 0 heterocycles. The Balaban J connectivity index is 1.87. The molecule has 0 saturated carbocycles. The smallest absolute Gasteiger partial charge is 0.344 e. The van der Waals surface area contributed by atoms with E-state index < -0.39 is 35.8 Å². The van der Waals surface area contributed by atoms with E-state index in [1.807, 2.05) is 32.9 Å². The highest BCUT2D eigenvalue weighted by atomic mass is 19.1. The topological polar surface area (TPSA) is 108 Å². The van der Waals surface area contributed by atoms with Gasteiger partial charge in [-0.2, -0.15) is 0 Å². The van der Waals surface area contributed by atoms with Crippen LogP contribution in [-0.2, 0) is 14.3 Å². The number of benzene rings is 2. The van der Waals surface area contributed by atoms with Crippen LogP contribution in [0.15, 0.2) is 30.3 Å². The maximum atomic E-state index is 13.6. The van der Waals surface area contributed by atoms with Crippen LogP contribution in [0, 0.1) is 36.7 Å². The van der Waals surface area contributed by atoms with Crippen LogP contribution in [0.2, 0.25) is 0 Å². The van der Waals surface area contributed by atoms with Crippen LogP contribution in [-0.4, -0.2) is 30.0 Å². The third kappa shape index (κ3) is 5.50. The molecule has 0 aliphatic heterocycles. The summed E-state index contributed by atoms with van der Waals surface area (Å²) in [6.07, 6.45) is 0. The molecule has 0 bridgehead atoms. The molecule has 148 valence electrons. The fraction of sp³-hybridized carbons (Fsp3) is 0.263. The molecule has 0 radical (unpaired) electrons. The number of aryl methyl sites for hydroxylation is 3. The lowest BCUT2D eigenvalue weighted by Gasteiger charge is -2.13. The monoisotopic (exact) mass is 390 g/mol. The van der Waals surface area contributed by atoms with Crippen molar-refractivity contribution in [2.45, 2.75) is 20.8 Å². The van der Waals surface area contributed by atoms with Crippen LogP contribution in [0.4, 0.5) is 15.8 Å². The molecule has 0 aliphatic carbocycles. The van der Waals surface area contributed by atoms with Crippen molar-refractivity contribution in [2.75, 3.05) is 18.5 Å². The lowest BCUT2D eigenvalue weighted by Crippen LogP contribution is -2.24. The van der Waals surface area contributed by atoms with E-state index in [0.717, 1.165) is 34.9 Å². The summed E-state index contributed by atoms with van der Waals surface area (Å²) in [6, 6.07) is 6.53. The Bertz CT molecular complexity index is 906. The fourth-order valence-corrected chi connectivity index (χ4v) is 2.62. The molecule has 2 rings (SSSR count). The Hall–Kier alpha value is -3.49. The maximum absolute atomic E-state index is 13.6. The first-order valence-electron chi connectivity index (χ1n) is 8.27. The molecule has 0 fully saturated rings. The number of nitro groups is 1. The Labute approximate surface area is 160 Å². The second-order valence-corrected chi connectivity index (χ2v) is 6.15. The number of non-ortho nitro benzene ring substituents is 1. The van der Waals surface area contributed by atoms with Crippen molar-refractivity contribution in [2.24, 2.45) is 0 Å². The van der Waals surface area contributed by atoms with Crippen LogP contribution in [0.1, 0.15) is 16.7 Å². The van der Waals surface area contributed by atoms with Gasteiger partial charge in [0.2, 0.25) is 0 Å². The van der Waals surface area contributed by atoms with Crippen molar-refractivity contribution in [1.82, 2.24) is 0 Å². The lowest BCUT2D eigenvalue weighted by atomic mass is 10.1. The summed E-state index contributed by atoms with van der Waals surface area (Å²) in [5, 5.41) is 12.8. The molecule has 9 heteroatoms. The maximum Gasteiger partial charge on any atom is 0.344 e. The van der Waals surface area contributed by atoms with E-state index >= 15 is 0 Å². The van der Waals surface area contributed by atoms with Crippen molar-refractivity contribution in [3.63, 3.8) is 0 Å². The van der Waals surface area contributed by atoms with Crippen LogP contribution in [0.3, 0.4) is 0 Å². The number of nitrogens with zero attached hydrogens (tertiary/aromatic N) is 1. The molecular formula is C19H19FN2O6. The predicted octanol–water partition coefficient (Wildman–Crippen LogP) is 3.22. The van der Waals surface area contributed by atoms with Gasteiger partial charge in [-0.1, -0.05) is 17.7 Å². The van der Waals surface area contributed by atoms with Gasteiger partial charge in [0.25, 0.3) is 11.6 Å². The second-order valence-electron chi connectivity index (χ2n) is 6.15. The van der Waals surface area contributed by atoms with E-state index in [2.05, 4.69) is 5.32 Å². The zero-order valence-corrected chi connectivity index (χ0v) is 15.6. The Kier molecular flexibility index (Phi) is 6.64. The minimum Gasteiger partial charge on any atom is -0.481 e. The summed E-state index contributed by atoms with van der Waals surface area (Å²) < 4.78 is 23.9. The van der Waals surface area contributed by atoms with Crippen molar-refractivity contribution >= 4 is 23.3 Å². The Morgan fingerprint density at radius 2 is 1.75 bits per heavy atom. The molecule has 0 atom stereocenters. The number of ether oxygens (including phenoxy) is 2. The highest BCUT2D eigenvalue weighted by Crippen LogP contribution is 2.24. The molecule has 0 aromatic heterocycles. The van der Waals surface area contributed by atoms with Gasteiger partial charge in [0.05, 0.1) is 10.6 Å². The number of amides is 1. The zero-order chi connectivity index (χ0) is 20.8. The van der Waals surface area contributed by atoms with Gasteiger partial charge in [0, 0.05) is 12.1 Å². The van der Waals surface area contributed by atoms with Crippen LogP contribution < -0.4 is 10.1 Å². The molecule has 1 amide bonds. The summed E-state index contributed by atoms with van der Waals surface area (Å²) in [5.41, 5.74) is 2.03. The third-order valence-corrected chi connectivity index (χ3v) is 3.74. The van der Waals surface area contributed by atoms with Gasteiger partial charge in [-0.05, 0) is 38.0 Å². The van der Waals surface area contributed by atoms with Crippen molar-refractivity contribution in [3.05, 3.63) is 63.0 Å². The molecule has 2 aromatic rings. The second kappa shape index (κ2) is 8.94. The first kappa shape index (κ1) is 20.8. The number of hydrogen-bond acceptors (Lipinski definition) is 6. The van der Waals surface area contributed by atoms with Gasteiger partial charge in [0.15, 0.2) is 13.2 Å². The molecule has 0 aliphatic rings. The molecule has 2 aromatic carbocycles.